The van der Waals surface area contributed by atoms with Crippen molar-refractivity contribution in [2.45, 2.75) is 38.6 Å². The minimum atomic E-state index is -0.172. The number of hydrogen-bond acceptors (Lipinski definition) is 3. The molecule has 1 aliphatic rings. The zero-order valence-electron chi connectivity index (χ0n) is 12.1. The van der Waals surface area contributed by atoms with Gasteiger partial charge in [-0.15, -0.1) is 0 Å². The van der Waals surface area contributed by atoms with E-state index in [9.17, 15) is 4.79 Å². The molecule has 2 rings (SSSR count). The van der Waals surface area contributed by atoms with E-state index in [0.29, 0.717) is 18.8 Å². The zero-order valence-corrected chi connectivity index (χ0v) is 13.7. The molecule has 1 heterocycles. The van der Waals surface area contributed by atoms with Crippen LogP contribution in [0, 0.1) is 0 Å². The Labute approximate surface area is 128 Å². The van der Waals surface area contributed by atoms with Crippen LogP contribution in [0.1, 0.15) is 32.3 Å². The quantitative estimate of drug-likeness (QED) is 0.895. The molecule has 1 aliphatic heterocycles. The van der Waals surface area contributed by atoms with Crippen molar-refractivity contribution in [1.82, 2.24) is 5.32 Å². The molecule has 0 aliphatic carbocycles. The maximum absolute atomic E-state index is 11.4. The number of carbonyl (C=O) groups excluding carboxylic acids is 1. The maximum atomic E-state index is 11.4. The highest BCUT2D eigenvalue weighted by Crippen LogP contribution is 2.38. The molecule has 1 unspecified atom stereocenters. The smallest absolute Gasteiger partial charge is 0.220 e. The molecule has 5 heteroatoms. The third-order valence-corrected chi connectivity index (χ3v) is 4.11. The summed E-state index contributed by atoms with van der Waals surface area (Å²) in [5.41, 5.74) is 0.941. The minimum Gasteiger partial charge on any atom is -0.493 e. The maximum Gasteiger partial charge on any atom is 0.220 e. The lowest BCUT2D eigenvalue weighted by atomic mass is 9.91. The summed E-state index contributed by atoms with van der Waals surface area (Å²) in [5, 5.41) is 3.05. The van der Waals surface area contributed by atoms with Crippen molar-refractivity contribution in [3.05, 3.63) is 22.2 Å². The van der Waals surface area contributed by atoms with E-state index < -0.39 is 0 Å². The van der Waals surface area contributed by atoms with Crippen LogP contribution in [0.4, 0.5) is 0 Å². The van der Waals surface area contributed by atoms with Gasteiger partial charge in [0.1, 0.15) is 0 Å². The van der Waals surface area contributed by atoms with Gasteiger partial charge >= 0.3 is 0 Å². The molecule has 1 aromatic rings. The van der Waals surface area contributed by atoms with E-state index in [2.05, 4.69) is 28.2 Å². The molecule has 1 saturated heterocycles. The Balaban J connectivity index is 2.25. The number of methoxy groups -OCH3 is 1. The monoisotopic (exact) mass is 341 g/mol. The molecular weight excluding hydrogens is 322 g/mol. The molecule has 0 spiro atoms. The van der Waals surface area contributed by atoms with Crippen molar-refractivity contribution in [3.8, 4) is 11.5 Å². The van der Waals surface area contributed by atoms with E-state index in [1.807, 2.05) is 19.1 Å². The largest absolute Gasteiger partial charge is 0.493 e. The van der Waals surface area contributed by atoms with Crippen molar-refractivity contribution in [2.24, 2.45) is 0 Å². The Bertz CT molecular complexity index is 518. The SMILES string of the molecule is CCOc1c(Br)cc(CC2(C)CCC(=O)N2)cc1OC. The molecule has 0 aromatic heterocycles. The van der Waals surface area contributed by atoms with Gasteiger partial charge in [0.25, 0.3) is 0 Å². The van der Waals surface area contributed by atoms with Crippen molar-refractivity contribution in [3.63, 3.8) is 0 Å². The van der Waals surface area contributed by atoms with Gasteiger partial charge in [-0.25, -0.2) is 0 Å². The molecule has 1 N–H and O–H groups in total. The van der Waals surface area contributed by atoms with E-state index >= 15 is 0 Å². The van der Waals surface area contributed by atoms with Crippen LogP contribution in [-0.4, -0.2) is 25.2 Å². The normalized spacial score (nSPS) is 21.7. The number of ether oxygens (including phenoxy) is 2. The van der Waals surface area contributed by atoms with Gasteiger partial charge in [0.05, 0.1) is 18.2 Å². The van der Waals surface area contributed by atoms with Crippen LogP contribution < -0.4 is 14.8 Å². The molecule has 110 valence electrons. The average molecular weight is 342 g/mol. The number of carbonyl (C=O) groups is 1. The molecule has 20 heavy (non-hydrogen) atoms. The Morgan fingerprint density at radius 1 is 1.45 bits per heavy atom. The van der Waals surface area contributed by atoms with Crippen LogP contribution in [0.5, 0.6) is 11.5 Å². The van der Waals surface area contributed by atoms with Gasteiger partial charge in [-0.3, -0.25) is 4.79 Å². The van der Waals surface area contributed by atoms with E-state index in [4.69, 9.17) is 9.47 Å². The molecule has 1 atom stereocenters. The van der Waals surface area contributed by atoms with Crippen molar-refractivity contribution < 1.29 is 14.3 Å². The van der Waals surface area contributed by atoms with Gasteiger partial charge in [0, 0.05) is 12.0 Å². The van der Waals surface area contributed by atoms with E-state index in [1.54, 1.807) is 7.11 Å². The molecular formula is C15H20BrNO3. The number of benzene rings is 1. The second kappa shape index (κ2) is 6.04. The zero-order chi connectivity index (χ0) is 14.8. The number of hydrogen-bond donors (Lipinski definition) is 1. The van der Waals surface area contributed by atoms with Gasteiger partial charge in [0.15, 0.2) is 11.5 Å². The van der Waals surface area contributed by atoms with E-state index in [-0.39, 0.29) is 11.4 Å². The summed E-state index contributed by atoms with van der Waals surface area (Å²) in [6, 6.07) is 4.01. The fourth-order valence-corrected chi connectivity index (χ4v) is 3.20. The van der Waals surface area contributed by atoms with Crippen molar-refractivity contribution in [2.75, 3.05) is 13.7 Å². The number of amides is 1. The summed E-state index contributed by atoms with van der Waals surface area (Å²) in [5.74, 6) is 1.56. The van der Waals surface area contributed by atoms with E-state index in [0.717, 1.165) is 28.6 Å². The number of rotatable bonds is 5. The lowest BCUT2D eigenvalue weighted by Gasteiger charge is -2.24. The highest BCUT2D eigenvalue weighted by atomic mass is 79.9. The summed E-state index contributed by atoms with van der Waals surface area (Å²) >= 11 is 3.53. The first-order valence-electron chi connectivity index (χ1n) is 6.77. The van der Waals surface area contributed by atoms with Crippen LogP contribution in [0.2, 0.25) is 0 Å². The molecule has 4 nitrogen and oxygen atoms in total. The fourth-order valence-electron chi connectivity index (χ4n) is 2.59. The first-order valence-corrected chi connectivity index (χ1v) is 7.57. The Kier molecular flexibility index (Phi) is 4.58. The average Bonchev–Trinajstić information content (AvgIpc) is 2.72. The Hall–Kier alpha value is -1.23. The molecule has 0 bridgehead atoms. The Morgan fingerprint density at radius 2 is 2.20 bits per heavy atom. The van der Waals surface area contributed by atoms with Gasteiger partial charge in [0.2, 0.25) is 5.91 Å². The first-order chi connectivity index (χ1) is 9.47. The second-order valence-electron chi connectivity index (χ2n) is 5.33. The van der Waals surface area contributed by atoms with Crippen molar-refractivity contribution >= 4 is 21.8 Å². The predicted molar refractivity (Wildman–Crippen MR) is 81.3 cm³/mol. The first kappa shape index (κ1) is 15.2. The second-order valence-corrected chi connectivity index (χ2v) is 6.18. The van der Waals surface area contributed by atoms with Crippen LogP contribution in [-0.2, 0) is 11.2 Å². The lowest BCUT2D eigenvalue weighted by molar-refractivity contribution is -0.119. The van der Waals surface area contributed by atoms with Gasteiger partial charge in [-0.1, -0.05) is 0 Å². The predicted octanol–water partition coefficient (Wildman–Crippen LogP) is 3.07. The molecule has 1 amide bonds. The third kappa shape index (κ3) is 3.26. The van der Waals surface area contributed by atoms with Crippen LogP contribution >= 0.6 is 15.9 Å². The summed E-state index contributed by atoms with van der Waals surface area (Å²) in [4.78, 5) is 11.4. The fraction of sp³-hybridized carbons (Fsp3) is 0.533. The van der Waals surface area contributed by atoms with Crippen LogP contribution in [0.25, 0.3) is 0 Å². The van der Waals surface area contributed by atoms with Crippen molar-refractivity contribution in [1.29, 1.82) is 0 Å². The summed E-state index contributed by atoms with van der Waals surface area (Å²) in [6.45, 7) is 4.60. The van der Waals surface area contributed by atoms with Crippen LogP contribution in [0.15, 0.2) is 16.6 Å². The number of nitrogens with one attached hydrogen (secondary N) is 1. The molecule has 1 fully saturated rings. The standard InChI is InChI=1S/C15H20BrNO3/c1-4-20-14-11(16)7-10(8-12(14)19-3)9-15(2)6-5-13(18)17-15/h7-8H,4-6,9H2,1-3H3,(H,17,18). The summed E-state index contributed by atoms with van der Waals surface area (Å²) < 4.78 is 11.9. The topological polar surface area (TPSA) is 47.6 Å². The lowest BCUT2D eigenvalue weighted by Crippen LogP contribution is -2.40. The minimum absolute atomic E-state index is 0.129. The third-order valence-electron chi connectivity index (χ3n) is 3.52. The number of halogens is 1. The Morgan fingerprint density at radius 3 is 2.75 bits per heavy atom. The van der Waals surface area contributed by atoms with E-state index in [1.165, 1.54) is 0 Å². The summed E-state index contributed by atoms with van der Waals surface area (Å²) in [6.07, 6.45) is 2.24. The van der Waals surface area contributed by atoms with Crippen LogP contribution in [0.3, 0.4) is 0 Å². The van der Waals surface area contributed by atoms with Gasteiger partial charge in [-0.2, -0.15) is 0 Å². The highest BCUT2D eigenvalue weighted by Gasteiger charge is 2.33. The summed E-state index contributed by atoms with van der Waals surface area (Å²) in [7, 11) is 1.63. The molecule has 1 aromatic carbocycles. The van der Waals surface area contributed by atoms with Gasteiger partial charge < -0.3 is 14.8 Å². The van der Waals surface area contributed by atoms with Gasteiger partial charge in [-0.05, 0) is 60.3 Å². The molecule has 0 radical (unpaired) electrons. The molecule has 0 saturated carbocycles. The highest BCUT2D eigenvalue weighted by molar-refractivity contribution is 9.10.